The van der Waals surface area contributed by atoms with E-state index in [1.807, 2.05) is 131 Å². The van der Waals surface area contributed by atoms with E-state index in [1.54, 1.807) is 16.3 Å². The van der Waals surface area contributed by atoms with E-state index in [-0.39, 0.29) is 29.7 Å². The van der Waals surface area contributed by atoms with Crippen LogP contribution in [-0.2, 0) is 25.2 Å². The zero-order valence-electron chi connectivity index (χ0n) is 60.0. The minimum Gasteiger partial charge on any atom is -0.385 e. The number of nitrogens with one attached hydrogen (secondary N) is 7. The normalized spacial score (nSPS) is 20.4. The number of H-pyrrole nitrogens is 5. The summed E-state index contributed by atoms with van der Waals surface area (Å²) < 4.78 is 24.9. The van der Waals surface area contributed by atoms with Crippen molar-refractivity contribution >= 4 is 157 Å². The zero-order valence-corrected chi connectivity index (χ0v) is 63.8. The number of piperazine rings is 1. The second-order valence-corrected chi connectivity index (χ2v) is 32.1. The van der Waals surface area contributed by atoms with E-state index in [0.717, 1.165) is 184 Å². The van der Waals surface area contributed by atoms with Gasteiger partial charge in [-0.2, -0.15) is 29.8 Å². The van der Waals surface area contributed by atoms with Crippen molar-refractivity contribution in [1.82, 2.24) is 70.8 Å². The average Bonchev–Trinajstić information content (AvgIpc) is 1.74. The number of nitrogens with zero attached hydrogens (tertiary/aromatic N) is 13. The number of carbonyl (C=O) groups excluding carboxylic acids is 2. The van der Waals surface area contributed by atoms with Gasteiger partial charge in [-0.3, -0.25) is 40.1 Å². The predicted octanol–water partition coefficient (Wildman–Crippen LogP) is 11.9. The van der Waals surface area contributed by atoms with Gasteiger partial charge < -0.3 is 45.1 Å². The molecule has 4 unspecified atom stereocenters. The molecule has 25 nitrogen and oxygen atoms in total. The van der Waals surface area contributed by atoms with Crippen LogP contribution >= 0.6 is 46.4 Å². The van der Waals surface area contributed by atoms with E-state index < -0.39 is 15.6 Å². The number of aromatic nitrogens is 10. The number of anilines is 5. The first-order valence-electron chi connectivity index (χ1n) is 35.6. The van der Waals surface area contributed by atoms with Crippen LogP contribution in [0.1, 0.15) is 69.9 Å². The van der Waals surface area contributed by atoms with Crippen LogP contribution < -0.4 is 35.1 Å². The van der Waals surface area contributed by atoms with Crippen LogP contribution in [0, 0.1) is 18.8 Å². The molecule has 6 aliphatic rings. The van der Waals surface area contributed by atoms with Crippen molar-refractivity contribution in [2.24, 2.45) is 16.8 Å². The molecule has 105 heavy (non-hydrogen) atoms. The highest BCUT2D eigenvalue weighted by Crippen LogP contribution is 2.40. The standard InChI is InChI=1S/C18H18ClN3O.C15H19ClN4O.C14H16ClN5.C14H17ClN4O.C14H20N4O2S/c19-14-10-16-15(12-20-21-16)17(11-14)22-8-6-18(23,7-9-22)13-4-2-1-3-5-13;1-19(2)15(21)10-4-3-5-20(9-10)14-7-11(16)6-13-12(14)8-17-18-13;1-8-17-11-2-3-20(7-13(11)18-8)14-5-9(15)4-12-10(14)6-16-19-12;1-16-14(20)9-3-2-4-19(8-9)13-6-10(15)5-12-11(13)7-17-18-12;1-10-6-13-12(8-15-16-13)14(7-10)18-5-4-17(9-11(18)2)21(3,19)20/h1-5,10-12,23H,6-9H2,(H,20,21);6-8,10H,3-5,9H2,1-2H3,(H,17,18);4-6,11,13H,2-3,7H2,1H3,(H,16,19)(H,17,18);5-7,9H,2-4,8H2,1H3,(H,16,20)(H,17,18);6-8,11H,4-5,9H2,1-3H3,(H,15,16)/t;;;;11-/m....1/s1. The Morgan fingerprint density at radius 1 is 0.552 bits per heavy atom. The molecule has 8 N–H and O–H groups in total. The van der Waals surface area contributed by atoms with Crippen LogP contribution in [0.2, 0.25) is 20.1 Å². The predicted molar refractivity (Wildman–Crippen MR) is 424 cm³/mol. The summed E-state index contributed by atoms with van der Waals surface area (Å²) in [5.41, 5.74) is 11.7. The summed E-state index contributed by atoms with van der Waals surface area (Å²) in [4.78, 5) is 41.8. The zero-order chi connectivity index (χ0) is 73.8. The second kappa shape index (κ2) is 32.1. The van der Waals surface area contributed by atoms with E-state index in [4.69, 9.17) is 46.4 Å². The van der Waals surface area contributed by atoms with Crippen molar-refractivity contribution in [3.63, 3.8) is 0 Å². The minimum absolute atomic E-state index is 0.0367. The van der Waals surface area contributed by atoms with Gasteiger partial charge in [0.25, 0.3) is 0 Å². The summed E-state index contributed by atoms with van der Waals surface area (Å²) in [6.45, 7) is 14.7. The molecule has 6 aromatic carbocycles. The molecule has 5 saturated heterocycles. The molecular formula is C75H90Cl4N20O5S. The summed E-state index contributed by atoms with van der Waals surface area (Å²) in [5, 5.41) is 60.8. The minimum atomic E-state index is -3.12. The summed E-state index contributed by atoms with van der Waals surface area (Å²) >= 11 is 24.8. The molecule has 5 atom stereocenters. The number of hydrogen-bond acceptors (Lipinski definition) is 17. The monoisotopic (exact) mass is 1520 g/mol. The fourth-order valence-corrected chi connectivity index (χ4v) is 17.3. The van der Waals surface area contributed by atoms with Crippen molar-refractivity contribution < 1.29 is 23.1 Å². The lowest BCUT2D eigenvalue weighted by molar-refractivity contribution is -0.133. The SMILES string of the molecule is CC1=NC2CCN(c3cc(Cl)cc4[nH]ncc34)CC2N1.CN(C)C(=O)C1CCCN(c2cc(Cl)cc3[nH]ncc23)C1.CNC(=O)C1CCCN(c2cc(Cl)cc3[nH]ncc23)C1.Cc1cc(N2CCN(S(C)(=O)=O)C[C@H]2C)c2cn[nH]c2c1.OC1(c2ccccc2)CCN(c2cc(Cl)cc3[nH]ncc23)CC1. The van der Waals surface area contributed by atoms with Gasteiger partial charge in [0.05, 0.1) is 100 Å². The number of aromatic amines is 5. The van der Waals surface area contributed by atoms with Gasteiger partial charge in [-0.1, -0.05) is 76.7 Å². The van der Waals surface area contributed by atoms with E-state index in [0.29, 0.717) is 59.6 Å². The Balaban J connectivity index is 0.000000117. The van der Waals surface area contributed by atoms with Crippen molar-refractivity contribution in [3.05, 3.63) is 153 Å². The first kappa shape index (κ1) is 74.4. The average molecular weight is 1530 g/mol. The van der Waals surface area contributed by atoms with Gasteiger partial charge in [0.2, 0.25) is 21.8 Å². The molecule has 17 rings (SSSR count). The number of sulfonamides is 1. The van der Waals surface area contributed by atoms with Crippen molar-refractivity contribution in [2.45, 2.75) is 89.4 Å². The number of rotatable bonds is 9. The fourth-order valence-electron chi connectivity index (χ4n) is 15.6. The number of aliphatic imine (C=N–C) groups is 1. The highest BCUT2D eigenvalue weighted by atomic mass is 35.5. The Bertz CT molecular complexity index is 5030. The maximum absolute atomic E-state index is 12.2. The lowest BCUT2D eigenvalue weighted by Gasteiger charge is -2.40. The first-order valence-corrected chi connectivity index (χ1v) is 39.0. The number of piperidine rings is 4. The van der Waals surface area contributed by atoms with Crippen LogP contribution in [0.25, 0.3) is 54.5 Å². The largest absolute Gasteiger partial charge is 0.385 e. The van der Waals surface area contributed by atoms with Crippen LogP contribution in [0.4, 0.5) is 28.4 Å². The number of carbonyl (C=O) groups is 2. The molecule has 0 radical (unpaired) electrons. The highest BCUT2D eigenvalue weighted by molar-refractivity contribution is 7.88. The maximum Gasteiger partial charge on any atom is 0.226 e. The number of amides is 2. The highest BCUT2D eigenvalue weighted by Gasteiger charge is 2.37. The van der Waals surface area contributed by atoms with Gasteiger partial charge in [0.1, 0.15) is 0 Å². The number of halogens is 4. The second-order valence-electron chi connectivity index (χ2n) is 28.4. The van der Waals surface area contributed by atoms with E-state index in [1.165, 1.54) is 11.8 Å². The molecule has 5 fully saturated rings. The topological polar surface area (TPSA) is 291 Å². The van der Waals surface area contributed by atoms with Gasteiger partial charge >= 0.3 is 0 Å². The van der Waals surface area contributed by atoms with Crippen LogP contribution in [0.3, 0.4) is 0 Å². The molecule has 0 spiro atoms. The Kier molecular flexibility index (Phi) is 22.7. The fraction of sp³-hybridized carbons (Fsp3) is 0.413. The molecule has 5 aromatic heterocycles. The van der Waals surface area contributed by atoms with Gasteiger partial charge in [-0.05, 0) is 138 Å². The Morgan fingerprint density at radius 2 is 1.00 bits per heavy atom. The van der Waals surface area contributed by atoms with Gasteiger partial charge in [-0.15, -0.1) is 0 Å². The Hall–Kier alpha value is -8.89. The third kappa shape index (κ3) is 16.9. The van der Waals surface area contributed by atoms with Gasteiger partial charge in [0.15, 0.2) is 0 Å². The lowest BCUT2D eigenvalue weighted by Crippen LogP contribution is -2.53. The molecule has 0 saturated carbocycles. The molecule has 11 aromatic rings. The Labute approximate surface area is 630 Å². The van der Waals surface area contributed by atoms with E-state index in [2.05, 4.69) is 117 Å². The summed E-state index contributed by atoms with van der Waals surface area (Å²) in [5.74, 6) is 1.45. The van der Waals surface area contributed by atoms with Crippen molar-refractivity contribution in [1.29, 1.82) is 0 Å². The number of fused-ring (bicyclic) bond motifs is 6. The number of benzene rings is 6. The third-order valence-corrected chi connectivity index (χ3v) is 23.0. The van der Waals surface area contributed by atoms with Crippen LogP contribution in [0.5, 0.6) is 0 Å². The molecule has 30 heteroatoms. The molecule has 0 aliphatic carbocycles. The quantitative estimate of drug-likeness (QED) is 0.0666. The van der Waals surface area contributed by atoms with Crippen LogP contribution in [-0.4, -0.2) is 209 Å². The molecule has 6 aliphatic heterocycles. The number of amidine groups is 1. The smallest absolute Gasteiger partial charge is 0.226 e. The van der Waals surface area contributed by atoms with E-state index >= 15 is 0 Å². The van der Waals surface area contributed by atoms with Crippen molar-refractivity contribution in [2.75, 3.05) is 124 Å². The van der Waals surface area contributed by atoms with Crippen LogP contribution in [0.15, 0.2) is 127 Å². The molecule has 554 valence electrons. The molecule has 11 heterocycles. The van der Waals surface area contributed by atoms with E-state index in [9.17, 15) is 23.1 Å². The maximum atomic E-state index is 12.2. The summed E-state index contributed by atoms with van der Waals surface area (Å²) in [7, 11) is 2.20. The summed E-state index contributed by atoms with van der Waals surface area (Å²) in [6.07, 6.45) is 16.8. The number of aryl methyl sites for hydroxylation is 1. The Morgan fingerprint density at radius 3 is 1.47 bits per heavy atom. The molecule has 0 bridgehead atoms. The first-order chi connectivity index (χ1) is 50.5. The van der Waals surface area contributed by atoms with Gasteiger partial charge in [0, 0.05) is 175 Å². The number of aliphatic hydroxyl groups is 1. The number of hydrogen-bond donors (Lipinski definition) is 8. The van der Waals surface area contributed by atoms with Gasteiger partial charge in [-0.25, -0.2) is 8.42 Å². The third-order valence-electron chi connectivity index (χ3n) is 20.9. The summed E-state index contributed by atoms with van der Waals surface area (Å²) in [6, 6.07) is 30.6. The van der Waals surface area contributed by atoms with Crippen molar-refractivity contribution in [3.8, 4) is 0 Å². The molecular weight excluding hydrogens is 1430 g/mol. The lowest BCUT2D eigenvalue weighted by atomic mass is 9.84. The molecule has 2 amide bonds.